The summed E-state index contributed by atoms with van der Waals surface area (Å²) in [4.78, 5) is 22.7. The van der Waals surface area contributed by atoms with E-state index in [2.05, 4.69) is 20.3 Å². The van der Waals surface area contributed by atoms with Crippen LogP contribution in [-0.2, 0) is 0 Å². The Labute approximate surface area is 129 Å². The van der Waals surface area contributed by atoms with Crippen molar-refractivity contribution in [1.82, 2.24) is 10.3 Å². The number of hydrogen-bond donors (Lipinski definition) is 1. The quantitative estimate of drug-likeness (QED) is 0.586. The van der Waals surface area contributed by atoms with Crippen LogP contribution in [0.2, 0.25) is 0 Å². The first-order valence-corrected chi connectivity index (χ1v) is 6.59. The number of para-hydroxylation sites is 1. The summed E-state index contributed by atoms with van der Waals surface area (Å²) in [5.74, 6) is -0.565. The van der Waals surface area contributed by atoms with E-state index in [1.165, 1.54) is 18.2 Å². The monoisotopic (exact) mass is 310 g/mol. The van der Waals surface area contributed by atoms with Gasteiger partial charge in [0.15, 0.2) is 5.69 Å². The fourth-order valence-electron chi connectivity index (χ4n) is 2.06. The largest absolute Gasteiger partial charge is 0.302 e. The van der Waals surface area contributed by atoms with Gasteiger partial charge >= 0.3 is 0 Å². The van der Waals surface area contributed by atoms with E-state index in [9.17, 15) is 14.9 Å². The second-order valence-corrected chi connectivity index (χ2v) is 4.56. The molecule has 0 unspecified atom stereocenters. The molecule has 0 aliphatic rings. The van der Waals surface area contributed by atoms with E-state index in [0.717, 1.165) is 0 Å². The fraction of sp³-hybridized carbons (Fsp3) is 0. The molecule has 0 aliphatic heterocycles. The van der Waals surface area contributed by atoms with Crippen molar-refractivity contribution in [3.05, 3.63) is 70.3 Å². The number of nitrogens with zero attached hydrogens (tertiary/aromatic N) is 3. The van der Waals surface area contributed by atoms with Crippen molar-refractivity contribution < 1.29 is 14.3 Å². The fourth-order valence-corrected chi connectivity index (χ4v) is 2.06. The van der Waals surface area contributed by atoms with Gasteiger partial charge in [-0.25, -0.2) is 4.63 Å². The van der Waals surface area contributed by atoms with Crippen molar-refractivity contribution in [1.29, 1.82) is 0 Å². The lowest BCUT2D eigenvalue weighted by molar-refractivity contribution is -0.385. The molecule has 2 aromatic carbocycles. The average molecular weight is 310 g/mol. The van der Waals surface area contributed by atoms with Gasteiger partial charge in [-0.1, -0.05) is 42.5 Å². The number of nitrogens with one attached hydrogen (secondary N) is 1. The summed E-state index contributed by atoms with van der Waals surface area (Å²) >= 11 is 0. The molecular formula is C15H10N4O4. The predicted molar refractivity (Wildman–Crippen MR) is 80.8 cm³/mol. The molecule has 23 heavy (non-hydrogen) atoms. The number of anilines is 1. The van der Waals surface area contributed by atoms with Crippen LogP contribution < -0.4 is 5.32 Å². The topological polar surface area (TPSA) is 111 Å². The minimum Gasteiger partial charge on any atom is -0.302 e. The number of benzene rings is 2. The average Bonchev–Trinajstić information content (AvgIpc) is 3.03. The van der Waals surface area contributed by atoms with E-state index in [1.54, 1.807) is 30.3 Å². The number of amides is 1. The smallest absolute Gasteiger partial charge is 0.282 e. The molecule has 1 amide bonds. The Balaban J connectivity index is 1.91. The standard InChI is InChI=1S/C15H10N4O4/c20-15(11-8-4-5-9-12(11)19(21)22)16-14-13(17-23-18-14)10-6-2-1-3-7-10/h1-9H,(H,16,18,20). The molecule has 0 aliphatic carbocycles. The van der Waals surface area contributed by atoms with Crippen molar-refractivity contribution >= 4 is 17.4 Å². The minimum atomic E-state index is -0.662. The third-order valence-corrected chi connectivity index (χ3v) is 3.11. The van der Waals surface area contributed by atoms with Gasteiger partial charge in [0.05, 0.1) is 4.92 Å². The lowest BCUT2D eigenvalue weighted by Crippen LogP contribution is -2.14. The summed E-state index contributed by atoms with van der Waals surface area (Å²) in [6, 6.07) is 14.7. The molecular weight excluding hydrogens is 300 g/mol. The Kier molecular flexibility index (Phi) is 3.79. The highest BCUT2D eigenvalue weighted by Gasteiger charge is 2.22. The Morgan fingerprint density at radius 3 is 2.48 bits per heavy atom. The zero-order chi connectivity index (χ0) is 16.2. The van der Waals surface area contributed by atoms with Gasteiger partial charge in [-0.2, -0.15) is 0 Å². The number of nitro benzene ring substituents is 1. The Morgan fingerprint density at radius 2 is 1.74 bits per heavy atom. The summed E-state index contributed by atoms with van der Waals surface area (Å²) < 4.78 is 4.67. The van der Waals surface area contributed by atoms with Crippen molar-refractivity contribution in [2.45, 2.75) is 0 Å². The Morgan fingerprint density at radius 1 is 1.04 bits per heavy atom. The van der Waals surface area contributed by atoms with E-state index in [-0.39, 0.29) is 17.1 Å². The van der Waals surface area contributed by atoms with Gasteiger partial charge in [0.2, 0.25) is 5.82 Å². The van der Waals surface area contributed by atoms with E-state index in [0.29, 0.717) is 11.3 Å². The van der Waals surface area contributed by atoms with Gasteiger partial charge in [0, 0.05) is 11.6 Å². The van der Waals surface area contributed by atoms with E-state index < -0.39 is 10.8 Å². The molecule has 1 aromatic heterocycles. The molecule has 114 valence electrons. The van der Waals surface area contributed by atoms with Crippen molar-refractivity contribution in [3.63, 3.8) is 0 Å². The number of carbonyl (C=O) groups excluding carboxylic acids is 1. The lowest BCUT2D eigenvalue weighted by atomic mass is 10.1. The van der Waals surface area contributed by atoms with Gasteiger partial charge in [-0.05, 0) is 16.4 Å². The highest BCUT2D eigenvalue weighted by atomic mass is 16.6. The maximum absolute atomic E-state index is 12.3. The van der Waals surface area contributed by atoms with Gasteiger partial charge in [-0.15, -0.1) is 0 Å². The zero-order valence-corrected chi connectivity index (χ0v) is 11.7. The molecule has 3 rings (SSSR count). The maximum atomic E-state index is 12.3. The van der Waals surface area contributed by atoms with Gasteiger partial charge in [0.25, 0.3) is 11.6 Å². The molecule has 0 saturated heterocycles. The first-order chi connectivity index (χ1) is 11.2. The third-order valence-electron chi connectivity index (χ3n) is 3.11. The molecule has 0 atom stereocenters. The van der Waals surface area contributed by atoms with Gasteiger partial charge in [0.1, 0.15) is 5.56 Å². The van der Waals surface area contributed by atoms with Crippen LogP contribution >= 0.6 is 0 Å². The van der Waals surface area contributed by atoms with Crippen molar-refractivity contribution in [3.8, 4) is 11.3 Å². The molecule has 0 radical (unpaired) electrons. The van der Waals surface area contributed by atoms with Crippen molar-refractivity contribution in [2.24, 2.45) is 0 Å². The highest BCUT2D eigenvalue weighted by Crippen LogP contribution is 2.25. The normalized spacial score (nSPS) is 10.3. The molecule has 0 spiro atoms. The first kappa shape index (κ1) is 14.4. The minimum absolute atomic E-state index is 0.0699. The van der Waals surface area contributed by atoms with Crippen LogP contribution in [0.3, 0.4) is 0 Å². The number of rotatable bonds is 4. The SMILES string of the molecule is O=C(Nc1nonc1-c1ccccc1)c1ccccc1[N+](=O)[O-]. The van der Waals surface area contributed by atoms with Crippen LogP contribution in [0, 0.1) is 10.1 Å². The van der Waals surface area contributed by atoms with Gasteiger partial charge < -0.3 is 5.32 Å². The zero-order valence-electron chi connectivity index (χ0n) is 11.7. The number of carbonyl (C=O) groups is 1. The van der Waals surface area contributed by atoms with Crippen LogP contribution in [0.25, 0.3) is 11.3 Å². The lowest BCUT2D eigenvalue weighted by Gasteiger charge is -2.04. The number of nitro groups is 1. The van der Waals surface area contributed by atoms with Crippen molar-refractivity contribution in [2.75, 3.05) is 5.32 Å². The molecule has 1 N–H and O–H groups in total. The number of hydrogen-bond acceptors (Lipinski definition) is 6. The highest BCUT2D eigenvalue weighted by molar-refractivity contribution is 6.07. The second-order valence-electron chi connectivity index (χ2n) is 4.56. The summed E-state index contributed by atoms with van der Waals surface area (Å²) in [5, 5.41) is 20.9. The molecule has 1 heterocycles. The third kappa shape index (κ3) is 2.91. The van der Waals surface area contributed by atoms with Crippen LogP contribution in [0.15, 0.2) is 59.2 Å². The van der Waals surface area contributed by atoms with E-state index in [4.69, 9.17) is 0 Å². The first-order valence-electron chi connectivity index (χ1n) is 6.59. The maximum Gasteiger partial charge on any atom is 0.282 e. The molecule has 0 fully saturated rings. The van der Waals surface area contributed by atoms with E-state index >= 15 is 0 Å². The second kappa shape index (κ2) is 6.06. The summed E-state index contributed by atoms with van der Waals surface area (Å²) in [6.07, 6.45) is 0. The predicted octanol–water partition coefficient (Wildman–Crippen LogP) is 2.90. The van der Waals surface area contributed by atoms with E-state index in [1.807, 2.05) is 6.07 Å². The summed E-state index contributed by atoms with van der Waals surface area (Å²) in [5.41, 5.74) is 0.686. The molecule has 8 nitrogen and oxygen atoms in total. The Bertz CT molecular complexity index is 861. The van der Waals surface area contributed by atoms with Crippen LogP contribution in [0.5, 0.6) is 0 Å². The van der Waals surface area contributed by atoms with Crippen LogP contribution in [0.4, 0.5) is 11.5 Å². The van der Waals surface area contributed by atoms with Gasteiger partial charge in [-0.3, -0.25) is 14.9 Å². The summed E-state index contributed by atoms with van der Waals surface area (Å²) in [7, 11) is 0. The number of aromatic nitrogens is 2. The molecule has 8 heteroatoms. The molecule has 3 aromatic rings. The molecule has 0 saturated carbocycles. The molecule has 0 bridgehead atoms. The van der Waals surface area contributed by atoms with Crippen LogP contribution in [-0.4, -0.2) is 21.1 Å². The van der Waals surface area contributed by atoms with Crippen LogP contribution in [0.1, 0.15) is 10.4 Å². The summed E-state index contributed by atoms with van der Waals surface area (Å²) in [6.45, 7) is 0. The Hall–Kier alpha value is -3.55.